The monoisotopic (exact) mass is 352 g/mol. The highest BCUT2D eigenvalue weighted by Gasteiger charge is 2.36. The van der Waals surface area contributed by atoms with Gasteiger partial charge >= 0.3 is 5.97 Å². The highest BCUT2D eigenvalue weighted by Crippen LogP contribution is 2.28. The van der Waals surface area contributed by atoms with Crippen molar-refractivity contribution in [3.8, 4) is 0 Å². The maximum atomic E-state index is 12.0. The van der Waals surface area contributed by atoms with Crippen LogP contribution in [-0.4, -0.2) is 36.7 Å². The third-order valence-electron chi connectivity index (χ3n) is 3.86. The summed E-state index contributed by atoms with van der Waals surface area (Å²) in [6, 6.07) is 15.7. The molecule has 0 radical (unpaired) electrons. The zero-order valence-electron chi connectivity index (χ0n) is 13.8. The maximum Gasteiger partial charge on any atom is 0.326 e. The fourth-order valence-corrected chi connectivity index (χ4v) is 2.57. The number of rotatable bonds is 6. The molecule has 0 bridgehead atoms. The number of carbonyl (C=O) groups excluding carboxylic acids is 4. The number of ether oxygens (including phenoxy) is 1. The molecule has 3 rings (SSSR count). The number of esters is 1. The molecule has 0 saturated carbocycles. The summed E-state index contributed by atoms with van der Waals surface area (Å²) in [4.78, 5) is 48.6. The SMILES string of the molecule is O=C(COC(=O)CN1C(=O)C(=O)c2ccccc21)NCc1ccccc1. The van der Waals surface area contributed by atoms with Gasteiger partial charge in [0.15, 0.2) is 6.61 Å². The van der Waals surface area contributed by atoms with Gasteiger partial charge in [-0.3, -0.25) is 24.1 Å². The average Bonchev–Trinajstić information content (AvgIpc) is 2.91. The van der Waals surface area contributed by atoms with E-state index in [0.717, 1.165) is 10.5 Å². The molecule has 0 aromatic heterocycles. The van der Waals surface area contributed by atoms with Gasteiger partial charge in [0.25, 0.3) is 17.6 Å². The van der Waals surface area contributed by atoms with E-state index in [9.17, 15) is 19.2 Å². The van der Waals surface area contributed by atoms with E-state index in [0.29, 0.717) is 12.2 Å². The summed E-state index contributed by atoms with van der Waals surface area (Å²) in [5, 5.41) is 2.63. The van der Waals surface area contributed by atoms with E-state index in [1.807, 2.05) is 30.3 Å². The van der Waals surface area contributed by atoms with Crippen molar-refractivity contribution in [1.82, 2.24) is 5.32 Å². The number of nitrogens with one attached hydrogen (secondary N) is 1. The Morgan fingerprint density at radius 1 is 0.962 bits per heavy atom. The lowest BCUT2D eigenvalue weighted by atomic mass is 10.1. The number of ketones is 1. The first-order valence-electron chi connectivity index (χ1n) is 7.97. The van der Waals surface area contributed by atoms with E-state index in [1.54, 1.807) is 18.2 Å². The molecule has 1 heterocycles. The molecule has 1 aliphatic heterocycles. The summed E-state index contributed by atoms with van der Waals surface area (Å²) in [7, 11) is 0. The van der Waals surface area contributed by atoms with Crippen molar-refractivity contribution in [2.45, 2.75) is 6.54 Å². The molecule has 7 nitrogen and oxygen atoms in total. The Morgan fingerprint density at radius 3 is 2.42 bits per heavy atom. The van der Waals surface area contributed by atoms with Gasteiger partial charge in [-0.25, -0.2) is 0 Å². The summed E-state index contributed by atoms with van der Waals surface area (Å²) >= 11 is 0. The molecule has 2 aromatic carbocycles. The summed E-state index contributed by atoms with van der Waals surface area (Å²) in [5.41, 5.74) is 1.55. The van der Waals surface area contributed by atoms with Crippen LogP contribution in [0.1, 0.15) is 15.9 Å². The predicted octanol–water partition coefficient (Wildman–Crippen LogP) is 1.08. The molecule has 7 heteroatoms. The Morgan fingerprint density at radius 2 is 1.65 bits per heavy atom. The number of benzene rings is 2. The van der Waals surface area contributed by atoms with Crippen LogP contribution in [0.5, 0.6) is 0 Å². The largest absolute Gasteiger partial charge is 0.454 e. The molecule has 0 saturated heterocycles. The second kappa shape index (κ2) is 7.60. The zero-order valence-corrected chi connectivity index (χ0v) is 13.8. The summed E-state index contributed by atoms with van der Waals surface area (Å²) in [5.74, 6) is -2.66. The van der Waals surface area contributed by atoms with Crippen molar-refractivity contribution in [3.63, 3.8) is 0 Å². The van der Waals surface area contributed by atoms with Crippen molar-refractivity contribution in [2.75, 3.05) is 18.1 Å². The third-order valence-corrected chi connectivity index (χ3v) is 3.86. The molecule has 1 aliphatic rings. The number of nitrogens with zero attached hydrogens (tertiary/aromatic N) is 1. The Bertz CT molecular complexity index is 863. The topological polar surface area (TPSA) is 92.8 Å². The molecule has 0 aliphatic carbocycles. The van der Waals surface area contributed by atoms with Gasteiger partial charge in [-0.1, -0.05) is 42.5 Å². The smallest absolute Gasteiger partial charge is 0.326 e. The van der Waals surface area contributed by atoms with E-state index >= 15 is 0 Å². The van der Waals surface area contributed by atoms with Crippen LogP contribution in [0.2, 0.25) is 0 Å². The predicted molar refractivity (Wildman–Crippen MR) is 92.4 cm³/mol. The van der Waals surface area contributed by atoms with Gasteiger partial charge in [0.1, 0.15) is 6.54 Å². The Kier molecular flexibility index (Phi) is 5.07. The van der Waals surface area contributed by atoms with Gasteiger partial charge in [-0.05, 0) is 17.7 Å². The van der Waals surface area contributed by atoms with E-state index in [-0.39, 0.29) is 5.56 Å². The van der Waals surface area contributed by atoms with E-state index < -0.39 is 36.7 Å². The molecule has 2 aromatic rings. The van der Waals surface area contributed by atoms with Crippen molar-refractivity contribution in [3.05, 3.63) is 65.7 Å². The van der Waals surface area contributed by atoms with Gasteiger partial charge in [-0.2, -0.15) is 0 Å². The lowest BCUT2D eigenvalue weighted by Gasteiger charge is -2.15. The second-order valence-corrected chi connectivity index (χ2v) is 5.66. The van der Waals surface area contributed by atoms with Crippen molar-refractivity contribution in [2.24, 2.45) is 0 Å². The standard InChI is InChI=1S/C19H16N2O5/c22-16(20-10-13-6-2-1-3-7-13)12-26-17(23)11-21-15-9-5-4-8-14(15)18(24)19(21)25/h1-9H,10-12H2,(H,20,22). The number of anilines is 1. The van der Waals surface area contributed by atoms with Crippen LogP contribution in [-0.2, 0) is 25.7 Å². The van der Waals surface area contributed by atoms with Crippen LogP contribution in [0.25, 0.3) is 0 Å². The molecule has 0 spiro atoms. The first-order valence-corrected chi connectivity index (χ1v) is 7.97. The zero-order chi connectivity index (χ0) is 18.5. The van der Waals surface area contributed by atoms with Crippen molar-refractivity contribution >= 4 is 29.3 Å². The number of carbonyl (C=O) groups is 4. The van der Waals surface area contributed by atoms with Crippen LogP contribution in [0.15, 0.2) is 54.6 Å². The van der Waals surface area contributed by atoms with Crippen molar-refractivity contribution in [1.29, 1.82) is 0 Å². The molecular weight excluding hydrogens is 336 g/mol. The first-order chi connectivity index (χ1) is 12.6. The fraction of sp³-hybridized carbons (Fsp3) is 0.158. The highest BCUT2D eigenvalue weighted by molar-refractivity contribution is 6.52. The highest BCUT2D eigenvalue weighted by atomic mass is 16.5. The fourth-order valence-electron chi connectivity index (χ4n) is 2.57. The minimum atomic E-state index is -0.781. The Hall–Kier alpha value is -3.48. The van der Waals surface area contributed by atoms with Gasteiger partial charge in [-0.15, -0.1) is 0 Å². The van der Waals surface area contributed by atoms with Crippen LogP contribution in [0.3, 0.4) is 0 Å². The third kappa shape index (κ3) is 3.77. The number of hydrogen-bond acceptors (Lipinski definition) is 5. The van der Waals surface area contributed by atoms with Crippen LogP contribution in [0, 0.1) is 0 Å². The molecule has 0 atom stereocenters. The number of amides is 2. The minimum absolute atomic E-state index is 0.255. The number of fused-ring (bicyclic) bond motifs is 1. The molecule has 1 N–H and O–H groups in total. The van der Waals surface area contributed by atoms with Gasteiger partial charge in [0.2, 0.25) is 0 Å². The normalized spacial score (nSPS) is 12.7. The number of hydrogen-bond donors (Lipinski definition) is 1. The summed E-state index contributed by atoms with van der Waals surface area (Å²) in [6.45, 7) is -0.555. The Labute approximate surface area is 149 Å². The van der Waals surface area contributed by atoms with Crippen LogP contribution >= 0.6 is 0 Å². The summed E-state index contributed by atoms with van der Waals surface area (Å²) < 4.78 is 4.90. The summed E-state index contributed by atoms with van der Waals surface area (Å²) in [6.07, 6.45) is 0. The number of Topliss-reactive ketones (excluding diaryl/α,β-unsaturated/α-hetero) is 1. The number of para-hydroxylation sites is 1. The average molecular weight is 352 g/mol. The second-order valence-electron chi connectivity index (χ2n) is 5.66. The molecular formula is C19H16N2O5. The van der Waals surface area contributed by atoms with Gasteiger partial charge < -0.3 is 10.1 Å². The van der Waals surface area contributed by atoms with E-state index in [2.05, 4.69) is 5.32 Å². The quantitative estimate of drug-likeness (QED) is 0.620. The Balaban J connectivity index is 1.49. The lowest BCUT2D eigenvalue weighted by molar-refractivity contribution is -0.147. The molecule has 132 valence electrons. The molecule has 0 unspecified atom stereocenters. The van der Waals surface area contributed by atoms with Gasteiger partial charge in [0.05, 0.1) is 11.3 Å². The first kappa shape index (κ1) is 17.3. The minimum Gasteiger partial charge on any atom is -0.454 e. The van der Waals surface area contributed by atoms with E-state index in [4.69, 9.17) is 4.74 Å². The maximum absolute atomic E-state index is 12.0. The van der Waals surface area contributed by atoms with Crippen molar-refractivity contribution < 1.29 is 23.9 Å². The molecule has 0 fully saturated rings. The molecule has 2 amide bonds. The lowest BCUT2D eigenvalue weighted by Crippen LogP contribution is -2.37. The van der Waals surface area contributed by atoms with Crippen LogP contribution < -0.4 is 10.2 Å². The molecule has 26 heavy (non-hydrogen) atoms. The van der Waals surface area contributed by atoms with Crippen LogP contribution in [0.4, 0.5) is 5.69 Å². The van der Waals surface area contributed by atoms with Gasteiger partial charge in [0, 0.05) is 6.54 Å². The van der Waals surface area contributed by atoms with E-state index in [1.165, 1.54) is 6.07 Å².